The number of nitrogens with one attached hydrogen (secondary N) is 2. The second kappa shape index (κ2) is 9.97. The van der Waals surface area contributed by atoms with Crippen LogP contribution in [0.1, 0.15) is 27.7 Å². The zero-order valence-corrected chi connectivity index (χ0v) is 16.6. The first-order valence-corrected chi connectivity index (χ1v) is 9.31. The van der Waals surface area contributed by atoms with E-state index >= 15 is 0 Å². The number of carbonyl (C=O) groups is 3. The number of carbonyl (C=O) groups excluding carboxylic acids is 3. The molecule has 9 heteroatoms. The van der Waals surface area contributed by atoms with Gasteiger partial charge in [0.25, 0.3) is 5.91 Å². The lowest BCUT2D eigenvalue weighted by Crippen LogP contribution is -2.31. The van der Waals surface area contributed by atoms with Crippen LogP contribution < -0.4 is 10.6 Å². The number of rotatable bonds is 7. The van der Waals surface area contributed by atoms with E-state index in [0.29, 0.717) is 0 Å². The molecule has 31 heavy (non-hydrogen) atoms. The highest BCUT2D eigenvalue weighted by atomic mass is 16.5. The summed E-state index contributed by atoms with van der Waals surface area (Å²) in [5.41, 5.74) is 1.49. The summed E-state index contributed by atoms with van der Waals surface area (Å²) in [4.78, 5) is 43.7. The molecule has 1 aromatic heterocycles. The maximum absolute atomic E-state index is 13.1. The van der Waals surface area contributed by atoms with Gasteiger partial charge in [-0.2, -0.15) is 4.98 Å². The average molecular weight is 420 g/mol. The van der Waals surface area contributed by atoms with Crippen molar-refractivity contribution < 1.29 is 24.2 Å². The predicted molar refractivity (Wildman–Crippen MR) is 111 cm³/mol. The van der Waals surface area contributed by atoms with E-state index in [1.54, 1.807) is 0 Å². The van der Waals surface area contributed by atoms with Crippen LogP contribution in [-0.4, -0.2) is 46.5 Å². The second-order valence-electron chi connectivity index (χ2n) is 6.43. The molecule has 0 atom stereocenters. The van der Waals surface area contributed by atoms with Crippen LogP contribution in [0.3, 0.4) is 0 Å². The summed E-state index contributed by atoms with van der Waals surface area (Å²) in [6.07, 6.45) is 1.13. The highest BCUT2D eigenvalue weighted by molar-refractivity contribution is 5.99. The summed E-state index contributed by atoms with van der Waals surface area (Å²) in [7, 11) is 1.19. The molecule has 0 fully saturated rings. The molecule has 0 saturated carbocycles. The van der Waals surface area contributed by atoms with Crippen molar-refractivity contribution in [1.82, 2.24) is 15.3 Å². The number of aromatic hydroxyl groups is 1. The molecule has 158 valence electrons. The normalized spacial score (nSPS) is 10.4. The van der Waals surface area contributed by atoms with Gasteiger partial charge in [0.15, 0.2) is 0 Å². The molecule has 0 aliphatic carbocycles. The minimum absolute atomic E-state index is 0.0496. The van der Waals surface area contributed by atoms with Crippen LogP contribution in [0.25, 0.3) is 0 Å². The van der Waals surface area contributed by atoms with Gasteiger partial charge in [-0.3, -0.25) is 14.4 Å². The summed E-state index contributed by atoms with van der Waals surface area (Å²) in [6.45, 7) is -0.367. The lowest BCUT2D eigenvalue weighted by molar-refractivity contribution is -0.139. The van der Waals surface area contributed by atoms with Crippen molar-refractivity contribution in [1.29, 1.82) is 0 Å². The topological polar surface area (TPSA) is 131 Å². The van der Waals surface area contributed by atoms with E-state index < -0.39 is 29.6 Å². The van der Waals surface area contributed by atoms with Gasteiger partial charge in [-0.05, 0) is 11.1 Å². The van der Waals surface area contributed by atoms with Gasteiger partial charge in [0.05, 0.1) is 19.2 Å². The van der Waals surface area contributed by atoms with Crippen LogP contribution in [0.4, 0.5) is 5.69 Å². The number of hydrogen-bond acceptors (Lipinski definition) is 7. The van der Waals surface area contributed by atoms with E-state index in [4.69, 9.17) is 0 Å². The summed E-state index contributed by atoms with van der Waals surface area (Å²) in [5, 5.41) is 15.1. The largest absolute Gasteiger partial charge is 0.492 e. The van der Waals surface area contributed by atoms with E-state index in [0.717, 1.165) is 17.3 Å². The van der Waals surface area contributed by atoms with Gasteiger partial charge < -0.3 is 20.5 Å². The molecule has 0 aliphatic heterocycles. The van der Waals surface area contributed by atoms with Gasteiger partial charge >= 0.3 is 5.97 Å². The van der Waals surface area contributed by atoms with Gasteiger partial charge in [-0.15, -0.1) is 0 Å². The first-order valence-electron chi connectivity index (χ1n) is 9.31. The third kappa shape index (κ3) is 5.41. The lowest BCUT2D eigenvalue weighted by atomic mass is 9.90. The van der Waals surface area contributed by atoms with Crippen molar-refractivity contribution in [3.8, 4) is 5.88 Å². The zero-order chi connectivity index (χ0) is 22.2. The summed E-state index contributed by atoms with van der Waals surface area (Å²) in [6, 6.07) is 18.4. The molecule has 1 heterocycles. The number of hydrogen-bond donors (Lipinski definition) is 3. The second-order valence-corrected chi connectivity index (χ2v) is 6.43. The molecular weight excluding hydrogens is 400 g/mol. The number of esters is 1. The number of ether oxygens (including phenoxy) is 1. The predicted octanol–water partition coefficient (Wildman–Crippen LogP) is 1.86. The van der Waals surface area contributed by atoms with E-state index in [1.807, 2.05) is 60.7 Å². The van der Waals surface area contributed by atoms with E-state index in [-0.39, 0.29) is 18.1 Å². The molecule has 0 aliphatic rings. The maximum atomic E-state index is 13.1. The number of anilines is 1. The van der Waals surface area contributed by atoms with Gasteiger partial charge in [0.1, 0.15) is 12.2 Å². The standard InChI is InChI=1S/C22H20N4O5/c1-31-17(27)13-24-22(30)19-23-12-16(20(28)26-19)25-21(29)18(14-8-4-2-5-9-14)15-10-6-3-7-11-15/h2-12,18H,13H2,1H3,(H,24,30)(H,25,29)(H,23,26,28). The number of methoxy groups -OCH3 is 1. The fraction of sp³-hybridized carbons (Fsp3) is 0.136. The SMILES string of the molecule is COC(=O)CNC(=O)c1ncc(NC(=O)C(c2ccccc2)c2ccccc2)c(O)n1. The highest BCUT2D eigenvalue weighted by Crippen LogP contribution is 2.28. The maximum Gasteiger partial charge on any atom is 0.325 e. The van der Waals surface area contributed by atoms with E-state index in [2.05, 4.69) is 25.3 Å². The number of amides is 2. The molecular formula is C22H20N4O5. The summed E-state index contributed by atoms with van der Waals surface area (Å²) >= 11 is 0. The minimum Gasteiger partial charge on any atom is -0.492 e. The van der Waals surface area contributed by atoms with Crippen LogP contribution in [0.5, 0.6) is 5.88 Å². The molecule has 9 nitrogen and oxygen atoms in total. The van der Waals surface area contributed by atoms with Crippen LogP contribution >= 0.6 is 0 Å². The molecule has 3 N–H and O–H groups in total. The first kappa shape index (κ1) is 21.4. The van der Waals surface area contributed by atoms with Crippen molar-refractivity contribution in [3.05, 3.63) is 83.8 Å². The molecule has 0 radical (unpaired) electrons. The van der Waals surface area contributed by atoms with Crippen molar-refractivity contribution >= 4 is 23.5 Å². The third-order valence-corrected chi connectivity index (χ3v) is 4.38. The molecule has 2 aromatic carbocycles. The van der Waals surface area contributed by atoms with Crippen molar-refractivity contribution in [2.45, 2.75) is 5.92 Å². The monoisotopic (exact) mass is 420 g/mol. The number of aromatic nitrogens is 2. The summed E-state index contributed by atoms with van der Waals surface area (Å²) in [5.74, 6) is -3.39. The fourth-order valence-electron chi connectivity index (χ4n) is 2.87. The third-order valence-electron chi connectivity index (χ3n) is 4.38. The van der Waals surface area contributed by atoms with Gasteiger partial charge in [0, 0.05) is 0 Å². The minimum atomic E-state index is -0.773. The average Bonchev–Trinajstić information content (AvgIpc) is 2.80. The smallest absolute Gasteiger partial charge is 0.325 e. The Kier molecular flexibility index (Phi) is 6.89. The molecule has 3 aromatic rings. The van der Waals surface area contributed by atoms with E-state index in [1.165, 1.54) is 7.11 Å². The molecule has 0 bridgehead atoms. The molecule has 0 spiro atoms. The quantitative estimate of drug-likeness (QED) is 0.497. The van der Waals surface area contributed by atoms with Crippen molar-refractivity contribution in [3.63, 3.8) is 0 Å². The number of benzene rings is 2. The van der Waals surface area contributed by atoms with Crippen LogP contribution in [-0.2, 0) is 14.3 Å². The summed E-state index contributed by atoms with van der Waals surface area (Å²) < 4.78 is 4.43. The Labute approximate surface area is 178 Å². The lowest BCUT2D eigenvalue weighted by Gasteiger charge is -2.18. The Morgan fingerprint density at radius 2 is 1.58 bits per heavy atom. The molecule has 3 rings (SSSR count). The molecule has 0 saturated heterocycles. The van der Waals surface area contributed by atoms with Gasteiger partial charge in [0.2, 0.25) is 17.6 Å². The van der Waals surface area contributed by atoms with Crippen LogP contribution in [0, 0.1) is 0 Å². The Hall–Kier alpha value is -4.27. The van der Waals surface area contributed by atoms with Crippen LogP contribution in [0.2, 0.25) is 0 Å². The van der Waals surface area contributed by atoms with Crippen LogP contribution in [0.15, 0.2) is 66.9 Å². The Bertz CT molecular complexity index is 1030. The Morgan fingerprint density at radius 3 is 2.10 bits per heavy atom. The number of nitrogens with zero attached hydrogens (tertiary/aromatic N) is 2. The van der Waals surface area contributed by atoms with Gasteiger partial charge in [-0.25, -0.2) is 4.98 Å². The molecule has 2 amide bonds. The fourth-order valence-corrected chi connectivity index (χ4v) is 2.87. The van der Waals surface area contributed by atoms with Crippen molar-refractivity contribution in [2.75, 3.05) is 19.0 Å². The Morgan fingerprint density at radius 1 is 1.00 bits per heavy atom. The first-order chi connectivity index (χ1) is 15.0. The highest BCUT2D eigenvalue weighted by Gasteiger charge is 2.24. The zero-order valence-electron chi connectivity index (χ0n) is 16.6. The van der Waals surface area contributed by atoms with Gasteiger partial charge in [-0.1, -0.05) is 60.7 Å². The van der Waals surface area contributed by atoms with Crippen molar-refractivity contribution in [2.24, 2.45) is 0 Å². The Balaban J connectivity index is 1.79. The molecule has 0 unspecified atom stereocenters. The van der Waals surface area contributed by atoms with E-state index in [9.17, 15) is 19.5 Å².